The third-order valence-corrected chi connectivity index (χ3v) is 6.06. The van der Waals surface area contributed by atoms with Gasteiger partial charge >= 0.3 is 0 Å². The number of sulfonamides is 1. The number of nitrogens with one attached hydrogen (secondary N) is 2. The quantitative estimate of drug-likeness (QED) is 0.756. The molecule has 0 aliphatic carbocycles. The van der Waals surface area contributed by atoms with Gasteiger partial charge < -0.3 is 10.6 Å². The lowest BCUT2D eigenvalue weighted by atomic mass is 9.94. The normalized spacial score (nSPS) is 22.3. The first-order chi connectivity index (χ1) is 11.3. The molecule has 1 aliphatic heterocycles. The summed E-state index contributed by atoms with van der Waals surface area (Å²) in [7, 11) is -1.76. The standard InChI is InChI=1S/C17H27N3O3S/c1-13-9-14(2)12-20(11-13)24(22,23)16-6-4-5-15(10-16)17(21)19-8-7-18-3/h4-6,10,13-14,18H,7-9,11-12H2,1-3H3,(H,19,21). The molecule has 6 nitrogen and oxygen atoms in total. The lowest BCUT2D eigenvalue weighted by Crippen LogP contribution is -2.42. The van der Waals surface area contributed by atoms with Crippen LogP contribution in [0.5, 0.6) is 0 Å². The van der Waals surface area contributed by atoms with Gasteiger partial charge in [-0.05, 0) is 43.5 Å². The zero-order valence-corrected chi connectivity index (χ0v) is 15.4. The van der Waals surface area contributed by atoms with Crippen molar-refractivity contribution in [1.29, 1.82) is 0 Å². The molecule has 2 rings (SSSR count). The molecule has 7 heteroatoms. The SMILES string of the molecule is CNCCNC(=O)c1cccc(S(=O)(=O)N2CC(C)CC(C)C2)c1. The highest BCUT2D eigenvalue weighted by molar-refractivity contribution is 7.89. The zero-order chi connectivity index (χ0) is 17.7. The summed E-state index contributed by atoms with van der Waals surface area (Å²) in [5.41, 5.74) is 0.366. The fourth-order valence-electron chi connectivity index (χ4n) is 3.15. The molecule has 1 aromatic rings. The van der Waals surface area contributed by atoms with Crippen molar-refractivity contribution in [3.63, 3.8) is 0 Å². The topological polar surface area (TPSA) is 78.5 Å². The number of likely N-dealkylation sites (N-methyl/N-ethyl adjacent to an activating group) is 1. The average Bonchev–Trinajstić information content (AvgIpc) is 2.54. The van der Waals surface area contributed by atoms with Crippen molar-refractivity contribution in [2.24, 2.45) is 11.8 Å². The number of benzene rings is 1. The Morgan fingerprint density at radius 3 is 2.50 bits per heavy atom. The summed E-state index contributed by atoms with van der Waals surface area (Å²) in [6, 6.07) is 6.28. The van der Waals surface area contributed by atoms with E-state index in [9.17, 15) is 13.2 Å². The van der Waals surface area contributed by atoms with Gasteiger partial charge in [0.2, 0.25) is 10.0 Å². The van der Waals surface area contributed by atoms with E-state index in [1.165, 1.54) is 6.07 Å². The molecule has 2 unspecified atom stereocenters. The van der Waals surface area contributed by atoms with Gasteiger partial charge in [0.1, 0.15) is 0 Å². The van der Waals surface area contributed by atoms with Gasteiger partial charge in [-0.1, -0.05) is 19.9 Å². The van der Waals surface area contributed by atoms with Crippen molar-refractivity contribution in [3.8, 4) is 0 Å². The van der Waals surface area contributed by atoms with E-state index in [1.54, 1.807) is 29.6 Å². The molecule has 1 fully saturated rings. The Morgan fingerprint density at radius 1 is 1.21 bits per heavy atom. The average molecular weight is 353 g/mol. The molecule has 2 atom stereocenters. The van der Waals surface area contributed by atoms with E-state index in [1.807, 2.05) is 0 Å². The maximum atomic E-state index is 12.9. The number of hydrogen-bond donors (Lipinski definition) is 2. The van der Waals surface area contributed by atoms with Crippen LogP contribution in [0.3, 0.4) is 0 Å². The molecule has 0 radical (unpaired) electrons. The largest absolute Gasteiger partial charge is 0.351 e. The monoisotopic (exact) mass is 353 g/mol. The Labute approximate surface area is 144 Å². The van der Waals surface area contributed by atoms with E-state index in [0.29, 0.717) is 43.6 Å². The molecule has 0 aromatic heterocycles. The second kappa shape index (κ2) is 8.09. The van der Waals surface area contributed by atoms with Crippen molar-refractivity contribution >= 4 is 15.9 Å². The van der Waals surface area contributed by atoms with Crippen LogP contribution < -0.4 is 10.6 Å². The van der Waals surface area contributed by atoms with Gasteiger partial charge in [-0.25, -0.2) is 8.42 Å². The van der Waals surface area contributed by atoms with Gasteiger partial charge in [-0.2, -0.15) is 4.31 Å². The van der Waals surface area contributed by atoms with E-state index in [-0.39, 0.29) is 10.8 Å². The van der Waals surface area contributed by atoms with E-state index >= 15 is 0 Å². The second-order valence-electron chi connectivity index (χ2n) is 6.66. The lowest BCUT2D eigenvalue weighted by molar-refractivity contribution is 0.0954. The maximum absolute atomic E-state index is 12.9. The number of hydrogen-bond acceptors (Lipinski definition) is 4. The van der Waals surface area contributed by atoms with E-state index < -0.39 is 10.0 Å². The molecule has 1 aromatic carbocycles. The number of nitrogens with zero attached hydrogens (tertiary/aromatic N) is 1. The fourth-order valence-corrected chi connectivity index (χ4v) is 4.88. The van der Waals surface area contributed by atoms with E-state index in [2.05, 4.69) is 24.5 Å². The lowest BCUT2D eigenvalue weighted by Gasteiger charge is -2.34. The second-order valence-corrected chi connectivity index (χ2v) is 8.59. The Kier molecular flexibility index (Phi) is 6.37. The van der Waals surface area contributed by atoms with Crippen LogP contribution in [0, 0.1) is 11.8 Å². The van der Waals surface area contributed by atoms with Crippen molar-refractivity contribution in [2.75, 3.05) is 33.2 Å². The van der Waals surface area contributed by atoms with E-state index in [4.69, 9.17) is 0 Å². The number of carbonyl (C=O) groups is 1. The first kappa shape index (κ1) is 18.9. The summed E-state index contributed by atoms with van der Waals surface area (Å²) in [5.74, 6) is 0.427. The minimum Gasteiger partial charge on any atom is -0.351 e. The third-order valence-electron chi connectivity index (χ3n) is 4.23. The first-order valence-corrected chi connectivity index (χ1v) is 9.81. The van der Waals surface area contributed by atoms with Crippen molar-refractivity contribution < 1.29 is 13.2 Å². The maximum Gasteiger partial charge on any atom is 0.251 e. The highest BCUT2D eigenvalue weighted by Gasteiger charge is 2.31. The van der Waals surface area contributed by atoms with Crippen LogP contribution in [-0.2, 0) is 10.0 Å². The van der Waals surface area contributed by atoms with Gasteiger partial charge in [0.15, 0.2) is 0 Å². The Morgan fingerprint density at radius 2 is 1.88 bits per heavy atom. The Hall–Kier alpha value is -1.44. The third kappa shape index (κ3) is 4.55. The molecule has 1 amide bonds. The zero-order valence-electron chi connectivity index (χ0n) is 14.6. The molecule has 0 spiro atoms. The predicted octanol–water partition coefficient (Wildman–Crippen LogP) is 1.30. The number of amides is 1. The smallest absolute Gasteiger partial charge is 0.251 e. The van der Waals surface area contributed by atoms with Crippen LogP contribution in [0.1, 0.15) is 30.6 Å². The summed E-state index contributed by atoms with van der Waals surface area (Å²) >= 11 is 0. The number of rotatable bonds is 6. The van der Waals surface area contributed by atoms with Crippen molar-refractivity contribution in [3.05, 3.63) is 29.8 Å². The van der Waals surface area contributed by atoms with Crippen LogP contribution in [0.4, 0.5) is 0 Å². The Balaban J connectivity index is 2.18. The highest BCUT2D eigenvalue weighted by atomic mass is 32.2. The Bertz CT molecular complexity index is 665. The molecule has 134 valence electrons. The number of piperidine rings is 1. The van der Waals surface area contributed by atoms with Crippen molar-refractivity contribution in [1.82, 2.24) is 14.9 Å². The van der Waals surface area contributed by atoms with Gasteiger partial charge in [0.05, 0.1) is 4.90 Å². The summed E-state index contributed by atoms with van der Waals surface area (Å²) in [4.78, 5) is 12.3. The van der Waals surface area contributed by atoms with Crippen LogP contribution in [0.15, 0.2) is 29.2 Å². The summed E-state index contributed by atoms with van der Waals surface area (Å²) < 4.78 is 27.3. The molecular formula is C17H27N3O3S. The predicted molar refractivity (Wildman–Crippen MR) is 94.4 cm³/mol. The molecule has 24 heavy (non-hydrogen) atoms. The molecule has 1 saturated heterocycles. The molecule has 1 heterocycles. The van der Waals surface area contributed by atoms with Crippen LogP contribution in [0.25, 0.3) is 0 Å². The van der Waals surface area contributed by atoms with Gasteiger partial charge in [0.25, 0.3) is 5.91 Å². The van der Waals surface area contributed by atoms with E-state index in [0.717, 1.165) is 6.42 Å². The van der Waals surface area contributed by atoms with Crippen LogP contribution in [0.2, 0.25) is 0 Å². The summed E-state index contributed by atoms with van der Waals surface area (Å²) in [6.45, 7) is 6.37. The molecule has 0 bridgehead atoms. The number of carbonyl (C=O) groups excluding carboxylic acids is 1. The fraction of sp³-hybridized carbons (Fsp3) is 0.588. The molecular weight excluding hydrogens is 326 g/mol. The molecule has 0 saturated carbocycles. The van der Waals surface area contributed by atoms with Crippen LogP contribution in [-0.4, -0.2) is 51.9 Å². The van der Waals surface area contributed by atoms with Gasteiger partial charge in [0, 0.05) is 31.7 Å². The van der Waals surface area contributed by atoms with Gasteiger partial charge in [-0.3, -0.25) is 4.79 Å². The van der Waals surface area contributed by atoms with Crippen molar-refractivity contribution in [2.45, 2.75) is 25.2 Å². The molecule has 2 N–H and O–H groups in total. The minimum absolute atomic E-state index is 0.185. The summed E-state index contributed by atoms with van der Waals surface area (Å²) in [6.07, 6.45) is 1.04. The summed E-state index contributed by atoms with van der Waals surface area (Å²) in [5, 5.41) is 5.71. The minimum atomic E-state index is -3.57. The molecule has 1 aliphatic rings. The van der Waals surface area contributed by atoms with Crippen LogP contribution >= 0.6 is 0 Å². The highest BCUT2D eigenvalue weighted by Crippen LogP contribution is 2.26. The first-order valence-electron chi connectivity index (χ1n) is 8.37. The van der Waals surface area contributed by atoms with Gasteiger partial charge in [-0.15, -0.1) is 0 Å².